The second kappa shape index (κ2) is 15.6. The fourth-order valence-electron chi connectivity index (χ4n) is 4.54. The average Bonchev–Trinajstić information content (AvgIpc) is 3.22. The Bertz CT molecular complexity index is 1410. The molecule has 1 aliphatic heterocycles. The monoisotopic (exact) mass is 637 g/mol. The molecule has 1 fully saturated rings. The first kappa shape index (κ1) is 35.2. The van der Waals surface area contributed by atoms with E-state index in [2.05, 4.69) is 26.3 Å². The Labute approximate surface area is 256 Å². The van der Waals surface area contributed by atoms with Gasteiger partial charge >= 0.3 is 11.6 Å². The van der Waals surface area contributed by atoms with Gasteiger partial charge in [0.25, 0.3) is 0 Å². The SMILES string of the molecule is CC(C)CC(NC(=O)C(Cc1ccccc1)NC(=O)CN)C(=O)NCC(=O)Nc1ccn(C2OC(CO)C(O)C2(F)F)c(=O)n1. The Hall–Kier alpha value is -4.32. The second-order valence-corrected chi connectivity index (χ2v) is 10.8. The number of nitrogens with zero attached hydrogens (tertiary/aromatic N) is 2. The van der Waals surface area contributed by atoms with Crippen LogP contribution in [0.4, 0.5) is 14.6 Å². The highest BCUT2D eigenvalue weighted by Crippen LogP contribution is 2.41. The second-order valence-electron chi connectivity index (χ2n) is 10.8. The van der Waals surface area contributed by atoms with Crippen molar-refractivity contribution in [1.82, 2.24) is 25.5 Å². The molecule has 246 valence electrons. The molecule has 1 aliphatic rings. The van der Waals surface area contributed by atoms with Gasteiger partial charge in [-0.3, -0.25) is 23.7 Å². The van der Waals surface area contributed by atoms with E-state index in [1.54, 1.807) is 30.3 Å². The normalized spacial score (nSPS) is 20.2. The number of ether oxygens (including phenoxy) is 1. The summed E-state index contributed by atoms with van der Waals surface area (Å²) < 4.78 is 34.1. The molecule has 2 aromatic rings. The molecule has 1 aromatic heterocycles. The molecule has 0 aliphatic carbocycles. The number of carbonyl (C=O) groups is 4. The van der Waals surface area contributed by atoms with Gasteiger partial charge in [-0.05, 0) is 24.0 Å². The number of aliphatic hydroxyl groups excluding tert-OH is 2. The highest BCUT2D eigenvalue weighted by molar-refractivity contribution is 5.96. The maximum absolute atomic E-state index is 14.4. The Morgan fingerprint density at radius 2 is 1.76 bits per heavy atom. The van der Waals surface area contributed by atoms with Gasteiger partial charge in [0.2, 0.25) is 29.9 Å². The molecule has 1 aromatic carbocycles. The number of aliphatic hydroxyl groups is 2. The van der Waals surface area contributed by atoms with Crippen LogP contribution in [0.15, 0.2) is 47.4 Å². The van der Waals surface area contributed by atoms with E-state index in [0.29, 0.717) is 4.57 Å². The minimum absolute atomic E-state index is 0.0539. The van der Waals surface area contributed by atoms with E-state index in [1.165, 1.54) is 0 Å². The van der Waals surface area contributed by atoms with Crippen LogP contribution in [0.2, 0.25) is 0 Å². The standard InChI is InChI=1S/C28H37F2N7O8/c1-15(2)10-17(34-25(43)18(33-21(39)12-31)11-16-6-4-3-5-7-16)24(42)32-13-22(40)35-20-8-9-37(27(44)36-20)26-28(29,30)23(41)19(14-38)45-26/h3-9,15,17-19,23,26,38,41H,10-14,31H2,1-2H3,(H,32,42)(H,33,39)(H,34,43)(H,35,36,40,44). The van der Waals surface area contributed by atoms with Crippen LogP contribution in [-0.2, 0) is 30.3 Å². The molecule has 8 N–H and O–H groups in total. The number of nitrogens with two attached hydrogens (primary N) is 1. The zero-order valence-corrected chi connectivity index (χ0v) is 24.6. The molecule has 0 radical (unpaired) electrons. The van der Waals surface area contributed by atoms with Gasteiger partial charge in [-0.25, -0.2) is 4.79 Å². The third-order valence-corrected chi connectivity index (χ3v) is 6.79. The summed E-state index contributed by atoms with van der Waals surface area (Å²) in [7, 11) is 0. The van der Waals surface area contributed by atoms with Crippen molar-refractivity contribution in [2.45, 2.75) is 63.1 Å². The summed E-state index contributed by atoms with van der Waals surface area (Å²) >= 11 is 0. The lowest BCUT2D eigenvalue weighted by molar-refractivity contribution is -0.141. The number of benzene rings is 1. The predicted octanol–water partition coefficient (Wildman–Crippen LogP) is -1.60. The summed E-state index contributed by atoms with van der Waals surface area (Å²) in [6.07, 6.45) is -5.01. The van der Waals surface area contributed by atoms with Gasteiger partial charge in [-0.1, -0.05) is 44.2 Å². The average molecular weight is 638 g/mol. The fraction of sp³-hybridized carbons (Fsp3) is 0.500. The number of halogens is 2. The Morgan fingerprint density at radius 3 is 2.33 bits per heavy atom. The van der Waals surface area contributed by atoms with Gasteiger partial charge in [0.1, 0.15) is 24.0 Å². The number of anilines is 1. The number of alkyl halides is 2. The molecule has 45 heavy (non-hydrogen) atoms. The molecule has 0 spiro atoms. The minimum Gasteiger partial charge on any atom is -0.394 e. The van der Waals surface area contributed by atoms with Gasteiger partial charge in [0.15, 0.2) is 6.10 Å². The number of nitrogens with one attached hydrogen (secondary N) is 4. The predicted molar refractivity (Wildman–Crippen MR) is 155 cm³/mol. The number of aromatic nitrogens is 2. The lowest BCUT2D eigenvalue weighted by Crippen LogP contribution is -2.55. The summed E-state index contributed by atoms with van der Waals surface area (Å²) in [4.78, 5) is 66.6. The maximum Gasteiger partial charge on any atom is 0.351 e. The smallest absolute Gasteiger partial charge is 0.351 e. The number of amides is 4. The fourth-order valence-corrected chi connectivity index (χ4v) is 4.54. The first-order valence-corrected chi connectivity index (χ1v) is 14.1. The Kier molecular flexibility index (Phi) is 12.2. The summed E-state index contributed by atoms with van der Waals surface area (Å²) in [5.74, 6) is -7.00. The van der Waals surface area contributed by atoms with E-state index in [0.717, 1.165) is 17.8 Å². The van der Waals surface area contributed by atoms with Gasteiger partial charge in [0, 0.05) is 12.6 Å². The van der Waals surface area contributed by atoms with Gasteiger partial charge < -0.3 is 42.0 Å². The van der Waals surface area contributed by atoms with Crippen molar-refractivity contribution < 1.29 is 42.9 Å². The first-order valence-electron chi connectivity index (χ1n) is 14.1. The molecule has 17 heteroatoms. The molecule has 5 unspecified atom stereocenters. The van der Waals surface area contributed by atoms with Crippen LogP contribution in [0.25, 0.3) is 0 Å². The number of hydrogen-bond acceptors (Lipinski definition) is 10. The molecule has 0 saturated carbocycles. The molecule has 1 saturated heterocycles. The topological polar surface area (TPSA) is 227 Å². The van der Waals surface area contributed by atoms with Crippen molar-refractivity contribution in [1.29, 1.82) is 0 Å². The molecule has 5 atom stereocenters. The van der Waals surface area contributed by atoms with Crippen LogP contribution < -0.4 is 32.7 Å². The van der Waals surface area contributed by atoms with Gasteiger partial charge in [-0.2, -0.15) is 13.8 Å². The van der Waals surface area contributed by atoms with Crippen LogP contribution in [-0.4, -0.2) is 93.3 Å². The lowest BCUT2D eigenvalue weighted by Gasteiger charge is -2.24. The zero-order valence-electron chi connectivity index (χ0n) is 24.6. The van der Waals surface area contributed by atoms with E-state index >= 15 is 0 Å². The minimum atomic E-state index is -3.91. The van der Waals surface area contributed by atoms with E-state index in [4.69, 9.17) is 15.6 Å². The number of carbonyl (C=O) groups excluding carboxylic acids is 4. The van der Waals surface area contributed by atoms with Gasteiger partial charge in [0.05, 0.1) is 19.7 Å². The van der Waals surface area contributed by atoms with Crippen LogP contribution in [0.3, 0.4) is 0 Å². The molecular weight excluding hydrogens is 600 g/mol. The van der Waals surface area contributed by atoms with Gasteiger partial charge in [-0.15, -0.1) is 0 Å². The van der Waals surface area contributed by atoms with Crippen molar-refractivity contribution in [2.24, 2.45) is 11.7 Å². The molecule has 3 rings (SSSR count). The van der Waals surface area contributed by atoms with Crippen LogP contribution in [0.1, 0.15) is 32.1 Å². The van der Waals surface area contributed by atoms with Crippen molar-refractivity contribution in [3.05, 3.63) is 58.6 Å². The third-order valence-electron chi connectivity index (χ3n) is 6.79. The quantitative estimate of drug-likeness (QED) is 0.126. The number of hydrogen-bond donors (Lipinski definition) is 7. The highest BCUT2D eigenvalue weighted by Gasteiger charge is 2.59. The van der Waals surface area contributed by atoms with E-state index in [1.807, 2.05) is 13.8 Å². The molecule has 2 heterocycles. The van der Waals surface area contributed by atoms with Crippen LogP contribution >= 0.6 is 0 Å². The van der Waals surface area contributed by atoms with Crippen molar-refractivity contribution >= 4 is 29.4 Å². The largest absolute Gasteiger partial charge is 0.394 e. The lowest BCUT2D eigenvalue weighted by atomic mass is 10.0. The Morgan fingerprint density at radius 1 is 1.07 bits per heavy atom. The summed E-state index contributed by atoms with van der Waals surface area (Å²) in [5, 5.41) is 28.6. The summed E-state index contributed by atoms with van der Waals surface area (Å²) in [5.41, 5.74) is 4.92. The van der Waals surface area contributed by atoms with Crippen LogP contribution in [0.5, 0.6) is 0 Å². The van der Waals surface area contributed by atoms with Crippen molar-refractivity contribution in [3.8, 4) is 0 Å². The molecule has 4 amide bonds. The Balaban J connectivity index is 1.63. The summed E-state index contributed by atoms with van der Waals surface area (Å²) in [6.45, 7) is 1.79. The van der Waals surface area contributed by atoms with Crippen molar-refractivity contribution in [2.75, 3.05) is 25.0 Å². The zero-order chi connectivity index (χ0) is 33.3. The van der Waals surface area contributed by atoms with E-state index in [-0.39, 0.29) is 31.1 Å². The van der Waals surface area contributed by atoms with E-state index < -0.39 is 78.9 Å². The summed E-state index contributed by atoms with van der Waals surface area (Å²) in [6, 6.07) is 7.82. The third kappa shape index (κ3) is 9.34. The maximum atomic E-state index is 14.4. The molecule has 15 nitrogen and oxygen atoms in total. The molecule has 0 bridgehead atoms. The van der Waals surface area contributed by atoms with E-state index in [9.17, 15) is 37.9 Å². The molecular formula is C28H37F2N7O8. The van der Waals surface area contributed by atoms with Crippen LogP contribution in [0, 0.1) is 5.92 Å². The van der Waals surface area contributed by atoms with Crippen molar-refractivity contribution in [3.63, 3.8) is 0 Å². The first-order chi connectivity index (χ1) is 21.3. The number of rotatable bonds is 14. The highest BCUT2D eigenvalue weighted by atomic mass is 19.3.